The summed E-state index contributed by atoms with van der Waals surface area (Å²) in [6.07, 6.45) is 0. The first-order valence-electron chi connectivity index (χ1n) is 19.1. The van der Waals surface area contributed by atoms with Gasteiger partial charge in [0.15, 0.2) is 5.82 Å². The molecule has 0 amide bonds. The molecule has 5 heteroatoms. The van der Waals surface area contributed by atoms with Crippen molar-refractivity contribution in [2.24, 2.45) is 0 Å². The van der Waals surface area contributed by atoms with Gasteiger partial charge in [0.1, 0.15) is 5.82 Å². The van der Waals surface area contributed by atoms with Crippen molar-refractivity contribution in [1.82, 2.24) is 24.5 Å². The summed E-state index contributed by atoms with van der Waals surface area (Å²) in [4.78, 5) is 20.9. The van der Waals surface area contributed by atoms with Gasteiger partial charge in [0.2, 0.25) is 0 Å². The molecule has 0 aliphatic heterocycles. The molecular weight excluding hydrogens is 695 g/mol. The van der Waals surface area contributed by atoms with Crippen LogP contribution in [0.25, 0.3) is 106 Å². The first-order chi connectivity index (χ1) is 28.3. The molecule has 3 heterocycles. The van der Waals surface area contributed by atoms with Crippen LogP contribution in [0.15, 0.2) is 200 Å². The van der Waals surface area contributed by atoms with E-state index in [1.807, 2.05) is 42.5 Å². The highest BCUT2D eigenvalue weighted by molar-refractivity contribution is 6.20. The minimum atomic E-state index is 0.701. The Labute approximate surface area is 329 Å². The number of pyridine rings is 1. The van der Waals surface area contributed by atoms with Gasteiger partial charge in [-0.05, 0) is 52.9 Å². The van der Waals surface area contributed by atoms with Crippen LogP contribution in [0.1, 0.15) is 0 Å². The normalized spacial score (nSPS) is 11.5. The zero-order valence-corrected chi connectivity index (χ0v) is 30.8. The van der Waals surface area contributed by atoms with Crippen molar-refractivity contribution in [2.75, 3.05) is 0 Å². The molecular formula is C52H33N5. The molecule has 266 valence electrons. The molecule has 0 radical (unpaired) electrons. The number of imidazole rings is 1. The highest BCUT2D eigenvalue weighted by Crippen LogP contribution is 2.40. The first-order valence-corrected chi connectivity index (χ1v) is 19.1. The summed E-state index contributed by atoms with van der Waals surface area (Å²) in [5.41, 5.74) is 13.0. The number of fused-ring (bicyclic) bond motifs is 6. The van der Waals surface area contributed by atoms with Gasteiger partial charge in [-0.3, -0.25) is 4.57 Å². The van der Waals surface area contributed by atoms with Crippen LogP contribution in [0.5, 0.6) is 0 Å². The van der Waals surface area contributed by atoms with E-state index < -0.39 is 0 Å². The maximum atomic E-state index is 5.44. The minimum absolute atomic E-state index is 0.701. The van der Waals surface area contributed by atoms with E-state index in [0.717, 1.165) is 99.9 Å². The van der Waals surface area contributed by atoms with Crippen molar-refractivity contribution in [3.05, 3.63) is 200 Å². The molecule has 0 saturated carbocycles. The Morgan fingerprint density at radius 2 is 0.912 bits per heavy atom. The standard InChI is InChI=1S/C52H33N5/c1-4-15-35(16-5-1)48-43-24-11-13-26-45(43)54-51(55-48)39-20-14-19-38(33-39)34-27-29-36(30-28-34)49-47-42(41-23-10-12-25-44(41)53-49)31-32-46-50(47)56-52(37-17-6-2-7-18-37)57(46)40-21-8-3-9-22-40/h1-33H. The van der Waals surface area contributed by atoms with E-state index in [0.29, 0.717) is 5.82 Å². The number of aromatic nitrogens is 5. The lowest BCUT2D eigenvalue weighted by Gasteiger charge is -2.13. The monoisotopic (exact) mass is 727 g/mol. The van der Waals surface area contributed by atoms with E-state index >= 15 is 0 Å². The van der Waals surface area contributed by atoms with Crippen molar-refractivity contribution < 1.29 is 0 Å². The van der Waals surface area contributed by atoms with Crippen LogP contribution in [0.4, 0.5) is 0 Å². The summed E-state index contributed by atoms with van der Waals surface area (Å²) >= 11 is 0. The van der Waals surface area contributed by atoms with Gasteiger partial charge in [-0.2, -0.15) is 0 Å². The number of para-hydroxylation sites is 3. The van der Waals surface area contributed by atoms with Gasteiger partial charge in [0.05, 0.1) is 33.5 Å². The summed E-state index contributed by atoms with van der Waals surface area (Å²) < 4.78 is 2.27. The van der Waals surface area contributed by atoms with Crippen LogP contribution in [0.2, 0.25) is 0 Å². The fraction of sp³-hybridized carbons (Fsp3) is 0. The molecule has 11 rings (SSSR count). The number of hydrogen-bond donors (Lipinski definition) is 0. The lowest BCUT2D eigenvalue weighted by atomic mass is 9.96. The lowest BCUT2D eigenvalue weighted by Crippen LogP contribution is -1.97. The van der Waals surface area contributed by atoms with E-state index in [9.17, 15) is 0 Å². The summed E-state index contributed by atoms with van der Waals surface area (Å²) in [5.74, 6) is 1.59. The molecule has 0 atom stereocenters. The van der Waals surface area contributed by atoms with Gasteiger partial charge < -0.3 is 0 Å². The van der Waals surface area contributed by atoms with E-state index in [2.05, 4.69) is 162 Å². The Kier molecular flexibility index (Phi) is 7.74. The summed E-state index contributed by atoms with van der Waals surface area (Å²) in [7, 11) is 0. The predicted octanol–water partition coefficient (Wildman–Crippen LogP) is 13.0. The van der Waals surface area contributed by atoms with E-state index in [-0.39, 0.29) is 0 Å². The molecule has 0 N–H and O–H groups in total. The average Bonchev–Trinajstić information content (AvgIpc) is 3.69. The molecule has 0 spiro atoms. The topological polar surface area (TPSA) is 56.5 Å². The van der Waals surface area contributed by atoms with Crippen LogP contribution < -0.4 is 0 Å². The molecule has 0 aliphatic carbocycles. The molecule has 0 aliphatic rings. The second-order valence-electron chi connectivity index (χ2n) is 14.2. The number of benzene rings is 8. The fourth-order valence-electron chi connectivity index (χ4n) is 8.09. The van der Waals surface area contributed by atoms with Crippen molar-refractivity contribution in [1.29, 1.82) is 0 Å². The predicted molar refractivity (Wildman–Crippen MR) is 234 cm³/mol. The summed E-state index contributed by atoms with van der Waals surface area (Å²) in [6, 6.07) is 69.5. The van der Waals surface area contributed by atoms with Crippen LogP contribution in [0.3, 0.4) is 0 Å². The molecule has 5 nitrogen and oxygen atoms in total. The van der Waals surface area contributed by atoms with Crippen LogP contribution in [-0.2, 0) is 0 Å². The Morgan fingerprint density at radius 3 is 1.67 bits per heavy atom. The van der Waals surface area contributed by atoms with E-state index in [4.69, 9.17) is 19.9 Å². The SMILES string of the molecule is c1ccc(-c2nc(-c3cccc(-c4ccc(-c5nc6ccccc6c6ccc7c(nc(-c8ccccc8)n7-c7ccccc7)c56)cc4)c3)nc3ccccc23)cc1. The summed E-state index contributed by atoms with van der Waals surface area (Å²) in [6.45, 7) is 0. The molecule has 11 aromatic rings. The molecule has 0 unspecified atom stereocenters. The molecule has 0 fully saturated rings. The molecule has 0 saturated heterocycles. The minimum Gasteiger partial charge on any atom is -0.292 e. The maximum absolute atomic E-state index is 5.44. The quantitative estimate of drug-likeness (QED) is 0.160. The molecule has 8 aromatic carbocycles. The zero-order valence-electron chi connectivity index (χ0n) is 30.8. The van der Waals surface area contributed by atoms with Gasteiger partial charge in [-0.25, -0.2) is 19.9 Å². The van der Waals surface area contributed by atoms with Gasteiger partial charge in [0.25, 0.3) is 0 Å². The Morgan fingerprint density at radius 1 is 0.333 bits per heavy atom. The average molecular weight is 728 g/mol. The van der Waals surface area contributed by atoms with E-state index in [1.54, 1.807) is 0 Å². The van der Waals surface area contributed by atoms with Crippen LogP contribution in [-0.4, -0.2) is 24.5 Å². The first kappa shape index (κ1) is 32.7. The lowest BCUT2D eigenvalue weighted by molar-refractivity contribution is 1.10. The fourth-order valence-corrected chi connectivity index (χ4v) is 8.09. The van der Waals surface area contributed by atoms with Gasteiger partial charge in [0, 0.05) is 44.1 Å². The second kappa shape index (κ2) is 13.5. The largest absolute Gasteiger partial charge is 0.292 e. The second-order valence-corrected chi connectivity index (χ2v) is 14.2. The maximum Gasteiger partial charge on any atom is 0.160 e. The van der Waals surface area contributed by atoms with E-state index in [1.165, 1.54) is 0 Å². The van der Waals surface area contributed by atoms with Gasteiger partial charge in [-0.1, -0.05) is 164 Å². The van der Waals surface area contributed by atoms with Gasteiger partial charge in [-0.15, -0.1) is 0 Å². The number of nitrogens with zero attached hydrogens (tertiary/aromatic N) is 5. The highest BCUT2D eigenvalue weighted by atomic mass is 15.1. The van der Waals surface area contributed by atoms with Crippen LogP contribution in [0, 0.1) is 0 Å². The van der Waals surface area contributed by atoms with Crippen molar-refractivity contribution in [3.63, 3.8) is 0 Å². The summed E-state index contributed by atoms with van der Waals surface area (Å²) in [5, 5.41) is 4.31. The zero-order chi connectivity index (χ0) is 37.7. The van der Waals surface area contributed by atoms with Gasteiger partial charge >= 0.3 is 0 Å². The molecule has 57 heavy (non-hydrogen) atoms. The Bertz CT molecular complexity index is 3270. The Hall–Kier alpha value is -7.76. The third-order valence-electron chi connectivity index (χ3n) is 10.8. The molecule has 3 aromatic heterocycles. The number of rotatable bonds is 6. The van der Waals surface area contributed by atoms with Crippen molar-refractivity contribution >= 4 is 43.6 Å². The van der Waals surface area contributed by atoms with Crippen LogP contribution >= 0.6 is 0 Å². The van der Waals surface area contributed by atoms with Crippen molar-refractivity contribution in [3.8, 4) is 62.1 Å². The number of hydrogen-bond acceptors (Lipinski definition) is 4. The Balaban J connectivity index is 1.06. The third kappa shape index (κ3) is 5.64. The molecule has 0 bridgehead atoms. The third-order valence-corrected chi connectivity index (χ3v) is 10.8. The highest BCUT2D eigenvalue weighted by Gasteiger charge is 2.21. The van der Waals surface area contributed by atoms with Crippen molar-refractivity contribution in [2.45, 2.75) is 0 Å². The smallest absolute Gasteiger partial charge is 0.160 e.